The van der Waals surface area contributed by atoms with Crippen molar-refractivity contribution in [2.24, 2.45) is 5.41 Å². The van der Waals surface area contributed by atoms with Crippen LogP contribution < -0.4 is 10.1 Å². The zero-order chi connectivity index (χ0) is 13.1. The molecule has 1 amide bonds. The van der Waals surface area contributed by atoms with Crippen molar-refractivity contribution in [1.82, 2.24) is 0 Å². The van der Waals surface area contributed by atoms with Crippen LogP contribution in [0.4, 0.5) is 10.1 Å². The number of rotatable bonds is 3. The Balaban J connectivity index is 2.88. The summed E-state index contributed by atoms with van der Waals surface area (Å²) in [5, 5.41) is 11.2. The van der Waals surface area contributed by atoms with Gasteiger partial charge in [0, 0.05) is 11.8 Å². The van der Waals surface area contributed by atoms with Crippen molar-refractivity contribution in [1.29, 1.82) is 5.26 Å². The molecule has 0 radical (unpaired) electrons. The van der Waals surface area contributed by atoms with E-state index in [1.54, 1.807) is 0 Å². The van der Waals surface area contributed by atoms with E-state index in [0.29, 0.717) is 0 Å². The molecule has 1 aromatic carbocycles. The molecule has 0 bridgehead atoms. The van der Waals surface area contributed by atoms with Gasteiger partial charge in [-0.15, -0.1) is 0 Å². The molecular weight excluding hydrogens is 223 g/mol. The van der Waals surface area contributed by atoms with Gasteiger partial charge >= 0.3 is 0 Å². The van der Waals surface area contributed by atoms with Crippen LogP contribution in [-0.4, -0.2) is 13.0 Å². The molecule has 1 rings (SSSR count). The first-order valence-electron chi connectivity index (χ1n) is 4.97. The van der Waals surface area contributed by atoms with Crippen molar-refractivity contribution in [3.8, 4) is 11.8 Å². The topological polar surface area (TPSA) is 62.1 Å². The van der Waals surface area contributed by atoms with Gasteiger partial charge in [0.05, 0.1) is 13.2 Å². The zero-order valence-corrected chi connectivity index (χ0v) is 9.87. The first kappa shape index (κ1) is 13.0. The largest absolute Gasteiger partial charge is 0.494 e. The van der Waals surface area contributed by atoms with E-state index in [4.69, 9.17) is 10.00 Å². The van der Waals surface area contributed by atoms with Gasteiger partial charge < -0.3 is 10.1 Å². The SMILES string of the molecule is COc1ccc(NC(=O)C(C)(C)C#N)cc1F. The molecule has 17 heavy (non-hydrogen) atoms. The molecule has 0 atom stereocenters. The second kappa shape index (κ2) is 4.83. The van der Waals surface area contributed by atoms with Crippen LogP contribution in [0.3, 0.4) is 0 Å². The molecule has 0 aliphatic rings. The van der Waals surface area contributed by atoms with Gasteiger partial charge in [-0.25, -0.2) is 4.39 Å². The standard InChI is InChI=1S/C12H13FN2O2/c1-12(2,7-14)11(16)15-8-4-5-10(17-3)9(13)6-8/h4-6H,1-3H3,(H,15,16). The first-order chi connectivity index (χ1) is 7.90. The van der Waals surface area contributed by atoms with E-state index in [9.17, 15) is 9.18 Å². The highest BCUT2D eigenvalue weighted by atomic mass is 19.1. The van der Waals surface area contributed by atoms with E-state index >= 15 is 0 Å². The summed E-state index contributed by atoms with van der Waals surface area (Å²) in [6, 6.07) is 5.93. The Labute approximate surface area is 99.0 Å². The Morgan fingerprint density at radius 3 is 2.65 bits per heavy atom. The van der Waals surface area contributed by atoms with E-state index in [2.05, 4.69) is 5.32 Å². The molecule has 4 nitrogen and oxygen atoms in total. The predicted molar refractivity (Wildman–Crippen MR) is 61.0 cm³/mol. The highest BCUT2D eigenvalue weighted by Crippen LogP contribution is 2.22. The van der Waals surface area contributed by atoms with Crippen LogP contribution in [0.1, 0.15) is 13.8 Å². The number of nitriles is 1. The lowest BCUT2D eigenvalue weighted by atomic mass is 9.94. The van der Waals surface area contributed by atoms with Crippen LogP contribution in [-0.2, 0) is 4.79 Å². The fourth-order valence-electron chi connectivity index (χ4n) is 1.08. The molecule has 0 fully saturated rings. The summed E-state index contributed by atoms with van der Waals surface area (Å²) >= 11 is 0. The lowest BCUT2D eigenvalue weighted by Crippen LogP contribution is -2.29. The van der Waals surface area contributed by atoms with Gasteiger partial charge in [0.1, 0.15) is 5.41 Å². The van der Waals surface area contributed by atoms with Crippen molar-refractivity contribution >= 4 is 11.6 Å². The molecule has 0 unspecified atom stereocenters. The molecule has 0 saturated carbocycles. The number of hydrogen-bond donors (Lipinski definition) is 1. The molecule has 1 N–H and O–H groups in total. The van der Waals surface area contributed by atoms with Crippen molar-refractivity contribution in [3.05, 3.63) is 24.0 Å². The molecule has 0 aromatic heterocycles. The molecule has 0 aliphatic carbocycles. The van der Waals surface area contributed by atoms with Crippen molar-refractivity contribution < 1.29 is 13.9 Å². The fraction of sp³-hybridized carbons (Fsp3) is 0.333. The summed E-state index contributed by atoms with van der Waals surface area (Å²) < 4.78 is 18.1. The number of ether oxygens (including phenoxy) is 1. The number of hydrogen-bond acceptors (Lipinski definition) is 3. The maximum absolute atomic E-state index is 13.3. The van der Waals surface area contributed by atoms with Gasteiger partial charge in [0.2, 0.25) is 5.91 Å². The van der Waals surface area contributed by atoms with Crippen molar-refractivity contribution in [2.45, 2.75) is 13.8 Å². The van der Waals surface area contributed by atoms with Crippen molar-refractivity contribution in [3.63, 3.8) is 0 Å². The monoisotopic (exact) mass is 236 g/mol. The number of nitrogens with zero attached hydrogens (tertiary/aromatic N) is 1. The average molecular weight is 236 g/mol. The van der Waals surface area contributed by atoms with Crippen LogP contribution in [0, 0.1) is 22.6 Å². The molecule has 0 saturated heterocycles. The zero-order valence-electron chi connectivity index (χ0n) is 9.87. The Morgan fingerprint density at radius 2 is 2.18 bits per heavy atom. The average Bonchev–Trinajstić information content (AvgIpc) is 2.29. The molecule has 90 valence electrons. The van der Waals surface area contributed by atoms with Gasteiger partial charge in [-0.3, -0.25) is 4.79 Å². The lowest BCUT2D eigenvalue weighted by molar-refractivity contribution is -0.121. The number of halogens is 1. The third-order valence-corrected chi connectivity index (χ3v) is 2.26. The number of amides is 1. The second-order valence-electron chi connectivity index (χ2n) is 4.04. The summed E-state index contributed by atoms with van der Waals surface area (Å²) in [4.78, 5) is 11.6. The van der Waals surface area contributed by atoms with Crippen LogP contribution in [0.25, 0.3) is 0 Å². The van der Waals surface area contributed by atoms with Crippen LogP contribution in [0.2, 0.25) is 0 Å². The van der Waals surface area contributed by atoms with E-state index in [1.807, 2.05) is 6.07 Å². The van der Waals surface area contributed by atoms with Gasteiger partial charge in [-0.1, -0.05) is 0 Å². The minimum atomic E-state index is -1.16. The highest BCUT2D eigenvalue weighted by molar-refractivity contribution is 5.96. The fourth-order valence-corrected chi connectivity index (χ4v) is 1.08. The van der Waals surface area contributed by atoms with Crippen LogP contribution >= 0.6 is 0 Å². The molecule has 0 aliphatic heterocycles. The predicted octanol–water partition coefficient (Wildman–Crippen LogP) is 2.32. The van der Waals surface area contributed by atoms with Crippen LogP contribution in [0.15, 0.2) is 18.2 Å². The third kappa shape index (κ3) is 2.94. The molecule has 0 spiro atoms. The number of nitrogens with one attached hydrogen (secondary N) is 1. The van der Waals surface area contributed by atoms with E-state index in [-0.39, 0.29) is 11.4 Å². The van der Waals surface area contributed by atoms with Crippen molar-refractivity contribution in [2.75, 3.05) is 12.4 Å². The summed E-state index contributed by atoms with van der Waals surface area (Å²) in [6.45, 7) is 2.98. The normalized spacial score (nSPS) is 10.5. The number of benzene rings is 1. The summed E-state index contributed by atoms with van der Waals surface area (Å²) in [6.07, 6.45) is 0. The smallest absolute Gasteiger partial charge is 0.244 e. The summed E-state index contributed by atoms with van der Waals surface area (Å²) in [5.41, 5.74) is -0.868. The van der Waals surface area contributed by atoms with Gasteiger partial charge in [0.25, 0.3) is 0 Å². The van der Waals surface area contributed by atoms with Gasteiger partial charge in [0.15, 0.2) is 11.6 Å². The Kier molecular flexibility index (Phi) is 3.69. The molecular formula is C12H13FN2O2. The minimum Gasteiger partial charge on any atom is -0.494 e. The molecule has 1 aromatic rings. The highest BCUT2D eigenvalue weighted by Gasteiger charge is 2.27. The number of methoxy groups -OCH3 is 1. The number of anilines is 1. The minimum absolute atomic E-state index is 0.0996. The number of carbonyl (C=O) groups excluding carboxylic acids is 1. The Bertz CT molecular complexity index is 478. The van der Waals surface area contributed by atoms with Gasteiger partial charge in [-0.2, -0.15) is 5.26 Å². The van der Waals surface area contributed by atoms with E-state index < -0.39 is 17.1 Å². The van der Waals surface area contributed by atoms with E-state index in [0.717, 1.165) is 6.07 Å². The summed E-state index contributed by atoms with van der Waals surface area (Å²) in [7, 11) is 1.36. The quantitative estimate of drug-likeness (QED) is 0.876. The van der Waals surface area contributed by atoms with Crippen LogP contribution in [0.5, 0.6) is 5.75 Å². The van der Waals surface area contributed by atoms with E-state index in [1.165, 1.54) is 33.1 Å². The third-order valence-electron chi connectivity index (χ3n) is 2.26. The second-order valence-corrected chi connectivity index (χ2v) is 4.04. The van der Waals surface area contributed by atoms with Gasteiger partial charge in [-0.05, 0) is 26.0 Å². The maximum atomic E-state index is 13.3. The Hall–Kier alpha value is -2.09. The molecule has 0 heterocycles. The first-order valence-corrected chi connectivity index (χ1v) is 4.97. The lowest BCUT2D eigenvalue weighted by Gasteiger charge is -2.15. The number of carbonyl (C=O) groups is 1. The Morgan fingerprint density at radius 1 is 1.53 bits per heavy atom. The molecule has 5 heteroatoms. The summed E-state index contributed by atoms with van der Waals surface area (Å²) in [5.74, 6) is -0.952. The maximum Gasteiger partial charge on any atom is 0.244 e.